The molecule has 0 saturated heterocycles. The van der Waals surface area contributed by atoms with E-state index in [0.717, 1.165) is 18.8 Å². The normalized spacial score (nSPS) is 37.3. The van der Waals surface area contributed by atoms with E-state index >= 15 is 0 Å². The molecule has 13 heavy (non-hydrogen) atoms. The van der Waals surface area contributed by atoms with E-state index in [0.29, 0.717) is 11.2 Å². The maximum absolute atomic E-state index is 11.2. The molecule has 2 atom stereocenters. The van der Waals surface area contributed by atoms with Gasteiger partial charge in [-0.1, -0.05) is 26.2 Å². The van der Waals surface area contributed by atoms with Gasteiger partial charge in [0.05, 0.1) is 0 Å². The van der Waals surface area contributed by atoms with Gasteiger partial charge in [-0.25, -0.2) is 0 Å². The zero-order valence-corrected chi connectivity index (χ0v) is 8.64. The second kappa shape index (κ2) is 3.43. The van der Waals surface area contributed by atoms with Crippen LogP contribution in [0.15, 0.2) is 0 Å². The molecule has 0 aliphatic heterocycles. The molecule has 2 aliphatic rings. The van der Waals surface area contributed by atoms with Crippen LogP contribution in [0.1, 0.15) is 58.3 Å². The summed E-state index contributed by atoms with van der Waals surface area (Å²) in [5, 5.41) is 0. The Morgan fingerprint density at radius 3 is 2.92 bits per heavy atom. The van der Waals surface area contributed by atoms with Crippen molar-refractivity contribution < 1.29 is 4.79 Å². The average molecular weight is 180 g/mol. The number of hydrogen-bond donors (Lipinski definition) is 0. The predicted molar refractivity (Wildman–Crippen MR) is 53.5 cm³/mol. The van der Waals surface area contributed by atoms with Crippen LogP contribution < -0.4 is 0 Å². The topological polar surface area (TPSA) is 17.1 Å². The fourth-order valence-electron chi connectivity index (χ4n) is 2.96. The number of unbranched alkanes of at least 4 members (excludes halogenated alkanes) is 2. The molecule has 0 amide bonds. The highest BCUT2D eigenvalue weighted by Gasteiger charge is 2.56. The molecule has 0 radical (unpaired) electrons. The van der Waals surface area contributed by atoms with Crippen molar-refractivity contribution in [3.63, 3.8) is 0 Å². The first-order valence-electron chi connectivity index (χ1n) is 5.78. The van der Waals surface area contributed by atoms with Crippen LogP contribution in [0.25, 0.3) is 0 Å². The highest BCUT2D eigenvalue weighted by Crippen LogP contribution is 2.63. The number of ketones is 1. The third-order valence-electron chi connectivity index (χ3n) is 3.97. The second-order valence-corrected chi connectivity index (χ2v) is 4.97. The Morgan fingerprint density at radius 2 is 2.31 bits per heavy atom. The minimum absolute atomic E-state index is 0.526. The van der Waals surface area contributed by atoms with E-state index in [1.807, 2.05) is 0 Å². The summed E-state index contributed by atoms with van der Waals surface area (Å²) in [4.78, 5) is 11.2. The maximum Gasteiger partial charge on any atom is 0.133 e. The largest absolute Gasteiger partial charge is 0.300 e. The SMILES string of the molecule is CCCCCC1CC12CCC(=O)C2. The molecule has 2 unspecified atom stereocenters. The van der Waals surface area contributed by atoms with Crippen molar-refractivity contribution in [2.75, 3.05) is 0 Å². The van der Waals surface area contributed by atoms with Gasteiger partial charge >= 0.3 is 0 Å². The molecule has 0 bridgehead atoms. The van der Waals surface area contributed by atoms with E-state index in [2.05, 4.69) is 6.92 Å². The van der Waals surface area contributed by atoms with Gasteiger partial charge in [0.25, 0.3) is 0 Å². The molecule has 1 nitrogen and oxygen atoms in total. The predicted octanol–water partition coefficient (Wildman–Crippen LogP) is 3.33. The van der Waals surface area contributed by atoms with E-state index in [4.69, 9.17) is 0 Å². The minimum atomic E-state index is 0.526. The standard InChI is InChI=1S/C12H20O/c1-2-3-4-5-10-8-12(10)7-6-11(13)9-12/h10H,2-9H2,1H3. The smallest absolute Gasteiger partial charge is 0.133 e. The molecule has 2 rings (SSSR count). The molecular formula is C12H20O. The van der Waals surface area contributed by atoms with Gasteiger partial charge in [0.1, 0.15) is 5.78 Å². The summed E-state index contributed by atoms with van der Waals surface area (Å²) in [5.74, 6) is 1.45. The van der Waals surface area contributed by atoms with Crippen molar-refractivity contribution >= 4 is 5.78 Å². The summed E-state index contributed by atoms with van der Waals surface area (Å²) in [5.41, 5.74) is 0.533. The van der Waals surface area contributed by atoms with E-state index in [-0.39, 0.29) is 0 Å². The van der Waals surface area contributed by atoms with Crippen LogP contribution in [-0.4, -0.2) is 5.78 Å². The Balaban J connectivity index is 1.72. The monoisotopic (exact) mass is 180 g/mol. The van der Waals surface area contributed by atoms with Crippen molar-refractivity contribution in [2.45, 2.75) is 58.3 Å². The molecule has 2 fully saturated rings. The Kier molecular flexibility index (Phi) is 2.44. The third kappa shape index (κ3) is 1.79. The van der Waals surface area contributed by atoms with Crippen LogP contribution in [0.2, 0.25) is 0 Å². The summed E-state index contributed by atoms with van der Waals surface area (Å²) in [6.07, 6.45) is 9.84. The summed E-state index contributed by atoms with van der Waals surface area (Å²) in [6.45, 7) is 2.25. The van der Waals surface area contributed by atoms with E-state index in [1.165, 1.54) is 38.5 Å². The first-order valence-corrected chi connectivity index (χ1v) is 5.78. The van der Waals surface area contributed by atoms with Crippen LogP contribution in [0.3, 0.4) is 0 Å². The van der Waals surface area contributed by atoms with E-state index < -0.39 is 0 Å². The summed E-state index contributed by atoms with van der Waals surface area (Å²) in [7, 11) is 0. The maximum atomic E-state index is 11.2. The van der Waals surface area contributed by atoms with Gasteiger partial charge in [-0.2, -0.15) is 0 Å². The summed E-state index contributed by atoms with van der Waals surface area (Å²) < 4.78 is 0. The van der Waals surface area contributed by atoms with Crippen LogP contribution in [0.5, 0.6) is 0 Å². The van der Waals surface area contributed by atoms with Gasteiger partial charge in [-0.15, -0.1) is 0 Å². The van der Waals surface area contributed by atoms with Gasteiger partial charge < -0.3 is 0 Å². The van der Waals surface area contributed by atoms with Crippen molar-refractivity contribution in [1.29, 1.82) is 0 Å². The number of rotatable bonds is 4. The molecule has 0 aromatic rings. The molecule has 0 N–H and O–H groups in total. The van der Waals surface area contributed by atoms with Gasteiger partial charge in [-0.3, -0.25) is 4.79 Å². The fraction of sp³-hybridized carbons (Fsp3) is 0.917. The van der Waals surface area contributed by atoms with E-state index in [1.54, 1.807) is 0 Å². The second-order valence-electron chi connectivity index (χ2n) is 4.97. The molecule has 74 valence electrons. The van der Waals surface area contributed by atoms with Crippen molar-refractivity contribution in [1.82, 2.24) is 0 Å². The van der Waals surface area contributed by atoms with Crippen LogP contribution in [0, 0.1) is 11.3 Å². The first kappa shape index (κ1) is 9.23. The molecule has 0 heterocycles. The first-order chi connectivity index (χ1) is 6.27. The molecule has 2 saturated carbocycles. The number of hydrogen-bond acceptors (Lipinski definition) is 1. The molecule has 0 aromatic carbocycles. The average Bonchev–Trinajstić information content (AvgIpc) is 2.62. The van der Waals surface area contributed by atoms with Crippen molar-refractivity contribution in [2.24, 2.45) is 11.3 Å². The quantitative estimate of drug-likeness (QED) is 0.606. The van der Waals surface area contributed by atoms with Gasteiger partial charge in [0.15, 0.2) is 0 Å². The van der Waals surface area contributed by atoms with Gasteiger partial charge in [0.2, 0.25) is 0 Å². The van der Waals surface area contributed by atoms with Crippen LogP contribution in [-0.2, 0) is 4.79 Å². The minimum Gasteiger partial charge on any atom is -0.300 e. The molecule has 0 aromatic heterocycles. The Labute approximate surface area is 80.9 Å². The van der Waals surface area contributed by atoms with Gasteiger partial charge in [0, 0.05) is 12.8 Å². The van der Waals surface area contributed by atoms with Crippen molar-refractivity contribution in [3.05, 3.63) is 0 Å². The zero-order valence-electron chi connectivity index (χ0n) is 8.64. The lowest BCUT2D eigenvalue weighted by Gasteiger charge is -2.05. The highest BCUT2D eigenvalue weighted by atomic mass is 16.1. The number of carbonyl (C=O) groups excluding carboxylic acids is 1. The Morgan fingerprint density at radius 1 is 1.46 bits per heavy atom. The van der Waals surface area contributed by atoms with Crippen LogP contribution >= 0.6 is 0 Å². The zero-order chi connectivity index (χ0) is 9.31. The Bertz CT molecular complexity index is 209. The number of Topliss-reactive ketones (excluding diaryl/α,β-unsaturated/α-hetero) is 1. The highest BCUT2D eigenvalue weighted by molar-refractivity contribution is 5.82. The molecule has 1 spiro atoms. The number of carbonyl (C=O) groups is 1. The lowest BCUT2D eigenvalue weighted by molar-refractivity contribution is -0.117. The lowest BCUT2D eigenvalue weighted by atomic mass is 9.99. The third-order valence-corrected chi connectivity index (χ3v) is 3.97. The Hall–Kier alpha value is -0.330. The lowest BCUT2D eigenvalue weighted by Crippen LogP contribution is -1.98. The fourth-order valence-corrected chi connectivity index (χ4v) is 2.96. The van der Waals surface area contributed by atoms with Gasteiger partial charge in [-0.05, 0) is 30.6 Å². The molecule has 1 heteroatoms. The van der Waals surface area contributed by atoms with Crippen molar-refractivity contribution in [3.8, 4) is 0 Å². The summed E-state index contributed by atoms with van der Waals surface area (Å²) >= 11 is 0. The van der Waals surface area contributed by atoms with E-state index in [9.17, 15) is 4.79 Å². The summed E-state index contributed by atoms with van der Waals surface area (Å²) in [6, 6.07) is 0. The van der Waals surface area contributed by atoms with Crippen LogP contribution in [0.4, 0.5) is 0 Å². The molecular weight excluding hydrogens is 160 g/mol. The molecule has 2 aliphatic carbocycles.